The van der Waals surface area contributed by atoms with Gasteiger partial charge in [-0.1, -0.05) is 35.0 Å². The normalized spacial score (nSPS) is 14.8. The summed E-state index contributed by atoms with van der Waals surface area (Å²) in [5, 5.41) is 8.97. The van der Waals surface area contributed by atoms with Crippen LogP contribution in [0.4, 0.5) is 0 Å². The summed E-state index contributed by atoms with van der Waals surface area (Å²) in [7, 11) is 0. The predicted molar refractivity (Wildman–Crippen MR) is 79.5 cm³/mol. The van der Waals surface area contributed by atoms with Crippen LogP contribution in [-0.4, -0.2) is 35.7 Å². The second-order valence-electron chi connectivity index (χ2n) is 4.56. The van der Waals surface area contributed by atoms with Crippen molar-refractivity contribution in [2.45, 2.75) is 32.4 Å². The molecular weight excluding hydrogens is 292 g/mol. The second-order valence-corrected chi connectivity index (χ2v) is 5.48. The number of hydrogen-bond donors (Lipinski definition) is 2. The van der Waals surface area contributed by atoms with Gasteiger partial charge in [0.1, 0.15) is 0 Å². The molecule has 2 atom stereocenters. The molecule has 1 aromatic carbocycles. The van der Waals surface area contributed by atoms with Crippen LogP contribution >= 0.6 is 15.9 Å². The Balaban J connectivity index is 2.89. The van der Waals surface area contributed by atoms with Gasteiger partial charge in [-0.2, -0.15) is 0 Å². The van der Waals surface area contributed by atoms with Crippen LogP contribution in [0.5, 0.6) is 0 Å². The van der Waals surface area contributed by atoms with Gasteiger partial charge in [-0.05, 0) is 37.6 Å². The van der Waals surface area contributed by atoms with E-state index in [0.29, 0.717) is 0 Å². The molecule has 0 aliphatic carbocycles. The maximum absolute atomic E-state index is 8.97. The van der Waals surface area contributed by atoms with Gasteiger partial charge in [0, 0.05) is 29.7 Å². The quantitative estimate of drug-likeness (QED) is 0.813. The summed E-state index contributed by atoms with van der Waals surface area (Å²) in [6.07, 6.45) is 0.785. The number of nitrogens with zero attached hydrogens (tertiary/aromatic N) is 1. The Morgan fingerprint density at radius 3 is 2.39 bits per heavy atom. The molecule has 4 heteroatoms. The average molecular weight is 315 g/mol. The van der Waals surface area contributed by atoms with Crippen LogP contribution in [0, 0.1) is 0 Å². The molecule has 1 rings (SSSR count). The minimum Gasteiger partial charge on any atom is -0.396 e. The standard InChI is InChI=1S/C14H23BrN2O/c1-3-17(9-4-10-18)14(11(2)16)12-5-7-13(15)8-6-12/h5-8,11,14,18H,3-4,9-10,16H2,1-2H3. The fourth-order valence-electron chi connectivity index (χ4n) is 2.27. The SMILES string of the molecule is CCN(CCCO)C(c1ccc(Br)cc1)C(C)N. The zero-order chi connectivity index (χ0) is 13.5. The number of halogens is 1. The molecule has 0 aromatic heterocycles. The van der Waals surface area contributed by atoms with Crippen molar-refractivity contribution >= 4 is 15.9 Å². The minimum atomic E-state index is 0.0600. The fourth-order valence-corrected chi connectivity index (χ4v) is 2.54. The first-order valence-corrected chi connectivity index (χ1v) is 7.25. The Bertz CT molecular complexity index is 340. The molecule has 0 bridgehead atoms. The third-order valence-electron chi connectivity index (χ3n) is 3.11. The van der Waals surface area contributed by atoms with Crippen molar-refractivity contribution in [2.75, 3.05) is 19.7 Å². The molecule has 0 aliphatic heterocycles. The fraction of sp³-hybridized carbons (Fsp3) is 0.571. The molecule has 3 nitrogen and oxygen atoms in total. The molecule has 0 heterocycles. The van der Waals surface area contributed by atoms with Gasteiger partial charge < -0.3 is 10.8 Å². The van der Waals surface area contributed by atoms with Crippen LogP contribution in [0.25, 0.3) is 0 Å². The molecule has 0 saturated heterocycles. The molecule has 0 amide bonds. The molecule has 0 radical (unpaired) electrons. The van der Waals surface area contributed by atoms with Crippen LogP contribution in [0.3, 0.4) is 0 Å². The summed E-state index contributed by atoms with van der Waals surface area (Å²) < 4.78 is 1.08. The lowest BCUT2D eigenvalue weighted by Gasteiger charge is -2.33. The Morgan fingerprint density at radius 2 is 1.94 bits per heavy atom. The van der Waals surface area contributed by atoms with E-state index in [1.807, 2.05) is 19.1 Å². The van der Waals surface area contributed by atoms with Crippen LogP contribution < -0.4 is 5.73 Å². The van der Waals surface area contributed by atoms with Crippen molar-refractivity contribution in [1.29, 1.82) is 0 Å². The Morgan fingerprint density at radius 1 is 1.33 bits per heavy atom. The van der Waals surface area contributed by atoms with Crippen LogP contribution in [0.1, 0.15) is 31.9 Å². The van der Waals surface area contributed by atoms with E-state index < -0.39 is 0 Å². The zero-order valence-electron chi connectivity index (χ0n) is 11.1. The number of rotatable bonds is 7. The number of benzene rings is 1. The van der Waals surface area contributed by atoms with E-state index in [9.17, 15) is 0 Å². The van der Waals surface area contributed by atoms with E-state index in [-0.39, 0.29) is 18.7 Å². The van der Waals surface area contributed by atoms with E-state index in [1.54, 1.807) is 0 Å². The topological polar surface area (TPSA) is 49.5 Å². The lowest BCUT2D eigenvalue weighted by Crippen LogP contribution is -2.40. The van der Waals surface area contributed by atoms with Crippen molar-refractivity contribution in [3.8, 4) is 0 Å². The van der Waals surface area contributed by atoms with E-state index in [4.69, 9.17) is 10.8 Å². The highest BCUT2D eigenvalue weighted by atomic mass is 79.9. The van der Waals surface area contributed by atoms with E-state index >= 15 is 0 Å². The van der Waals surface area contributed by atoms with Crippen LogP contribution in [0.2, 0.25) is 0 Å². The maximum Gasteiger partial charge on any atom is 0.0496 e. The largest absolute Gasteiger partial charge is 0.396 e. The third-order valence-corrected chi connectivity index (χ3v) is 3.64. The maximum atomic E-state index is 8.97. The molecule has 18 heavy (non-hydrogen) atoms. The average Bonchev–Trinajstić information content (AvgIpc) is 2.35. The van der Waals surface area contributed by atoms with Crippen molar-refractivity contribution in [3.05, 3.63) is 34.3 Å². The molecule has 0 spiro atoms. The summed E-state index contributed by atoms with van der Waals surface area (Å²) in [5.74, 6) is 0. The van der Waals surface area contributed by atoms with Gasteiger partial charge in [0.15, 0.2) is 0 Å². The third kappa shape index (κ3) is 4.35. The van der Waals surface area contributed by atoms with E-state index in [2.05, 4.69) is 39.9 Å². The number of likely N-dealkylation sites (N-methyl/N-ethyl adjacent to an activating group) is 1. The van der Waals surface area contributed by atoms with Gasteiger partial charge >= 0.3 is 0 Å². The molecular formula is C14H23BrN2O. The van der Waals surface area contributed by atoms with Crippen molar-refractivity contribution in [1.82, 2.24) is 4.90 Å². The lowest BCUT2D eigenvalue weighted by atomic mass is 9.99. The monoisotopic (exact) mass is 314 g/mol. The summed E-state index contributed by atoms with van der Waals surface area (Å²) in [4.78, 5) is 2.32. The molecule has 2 unspecified atom stereocenters. The molecule has 0 aliphatic rings. The molecule has 0 fully saturated rings. The van der Waals surface area contributed by atoms with E-state index in [0.717, 1.165) is 24.0 Å². The van der Waals surface area contributed by atoms with Crippen LogP contribution in [0.15, 0.2) is 28.7 Å². The smallest absolute Gasteiger partial charge is 0.0496 e. The first kappa shape index (κ1) is 15.6. The number of aliphatic hydroxyl groups is 1. The predicted octanol–water partition coefficient (Wildman–Crippen LogP) is 2.54. The van der Waals surface area contributed by atoms with Crippen molar-refractivity contribution in [3.63, 3.8) is 0 Å². The Kier molecular flexibility index (Phi) is 6.86. The van der Waals surface area contributed by atoms with Gasteiger partial charge in [0.25, 0.3) is 0 Å². The number of nitrogens with two attached hydrogens (primary N) is 1. The highest BCUT2D eigenvalue weighted by Crippen LogP contribution is 2.25. The van der Waals surface area contributed by atoms with Gasteiger partial charge in [0.2, 0.25) is 0 Å². The highest BCUT2D eigenvalue weighted by molar-refractivity contribution is 9.10. The van der Waals surface area contributed by atoms with Gasteiger partial charge in [-0.15, -0.1) is 0 Å². The summed E-state index contributed by atoms with van der Waals surface area (Å²) in [6.45, 7) is 6.19. The first-order valence-electron chi connectivity index (χ1n) is 6.46. The number of aliphatic hydroxyl groups excluding tert-OH is 1. The summed E-state index contributed by atoms with van der Waals surface area (Å²) in [6, 6.07) is 8.58. The first-order chi connectivity index (χ1) is 8.60. The van der Waals surface area contributed by atoms with Crippen LogP contribution in [-0.2, 0) is 0 Å². The Hall–Kier alpha value is -0.420. The van der Waals surface area contributed by atoms with Crippen molar-refractivity contribution < 1.29 is 5.11 Å². The molecule has 102 valence electrons. The second kappa shape index (κ2) is 7.89. The number of hydrogen-bond acceptors (Lipinski definition) is 3. The Labute approximate surface area is 118 Å². The lowest BCUT2D eigenvalue weighted by molar-refractivity contribution is 0.165. The molecule has 0 saturated carbocycles. The van der Waals surface area contributed by atoms with Gasteiger partial charge in [-0.25, -0.2) is 0 Å². The van der Waals surface area contributed by atoms with E-state index in [1.165, 1.54) is 5.56 Å². The molecule has 3 N–H and O–H groups in total. The zero-order valence-corrected chi connectivity index (χ0v) is 12.7. The molecule has 1 aromatic rings. The van der Waals surface area contributed by atoms with Gasteiger partial charge in [0.05, 0.1) is 0 Å². The van der Waals surface area contributed by atoms with Crippen molar-refractivity contribution in [2.24, 2.45) is 5.73 Å². The summed E-state index contributed by atoms with van der Waals surface area (Å²) in [5.41, 5.74) is 7.37. The highest BCUT2D eigenvalue weighted by Gasteiger charge is 2.22. The summed E-state index contributed by atoms with van der Waals surface area (Å²) >= 11 is 3.45. The van der Waals surface area contributed by atoms with Gasteiger partial charge in [-0.3, -0.25) is 4.90 Å². The minimum absolute atomic E-state index is 0.0600.